The fraction of sp³-hybridized carbons (Fsp3) is 0.188. The van der Waals surface area contributed by atoms with Gasteiger partial charge in [-0.2, -0.15) is 0 Å². The maximum atomic E-state index is 12.2. The van der Waals surface area contributed by atoms with Crippen LogP contribution in [0.25, 0.3) is 20.7 Å². The summed E-state index contributed by atoms with van der Waals surface area (Å²) in [6, 6.07) is 9.38. The molecular weight excluding hydrogens is 334 g/mol. The molecule has 0 aliphatic carbocycles. The molecule has 0 atom stereocenters. The van der Waals surface area contributed by atoms with Crippen molar-refractivity contribution in [2.24, 2.45) is 0 Å². The van der Waals surface area contributed by atoms with Gasteiger partial charge in [0.25, 0.3) is 5.56 Å². The number of hydrogen-bond acceptors (Lipinski definition) is 4. The van der Waals surface area contributed by atoms with E-state index >= 15 is 0 Å². The fourth-order valence-electron chi connectivity index (χ4n) is 2.26. The second-order valence-electron chi connectivity index (χ2n) is 5.05. The number of aromatic nitrogens is 2. The number of nitrogens with one attached hydrogen (secondary N) is 2. The number of rotatable bonds is 4. The molecule has 0 aliphatic rings. The van der Waals surface area contributed by atoms with Crippen LogP contribution in [0.3, 0.4) is 0 Å². The molecule has 1 aromatic carbocycles. The molecule has 3 rings (SSSR count). The largest absolute Gasteiger partial charge is 0.356 e. The van der Waals surface area contributed by atoms with Crippen molar-refractivity contribution in [2.75, 3.05) is 6.54 Å². The smallest absolute Gasteiger partial charge is 0.268 e. The second kappa shape index (κ2) is 6.52. The molecule has 7 heteroatoms. The quantitative estimate of drug-likeness (QED) is 0.761. The lowest BCUT2D eigenvalue weighted by Gasteiger charge is -2.01. The van der Waals surface area contributed by atoms with E-state index in [1.807, 2.05) is 30.3 Å². The Kier molecular flexibility index (Phi) is 4.45. The highest BCUT2D eigenvalue weighted by atomic mass is 35.5. The summed E-state index contributed by atoms with van der Waals surface area (Å²) in [7, 11) is 0. The van der Waals surface area contributed by atoms with Gasteiger partial charge < -0.3 is 10.3 Å². The van der Waals surface area contributed by atoms with Crippen LogP contribution in [-0.2, 0) is 11.2 Å². The zero-order valence-electron chi connectivity index (χ0n) is 12.4. The van der Waals surface area contributed by atoms with Crippen LogP contribution >= 0.6 is 22.9 Å². The molecule has 0 saturated carbocycles. The molecule has 0 radical (unpaired) electrons. The van der Waals surface area contributed by atoms with E-state index in [-0.39, 0.29) is 11.5 Å². The van der Waals surface area contributed by atoms with Crippen LogP contribution in [0.15, 0.2) is 35.1 Å². The highest BCUT2D eigenvalue weighted by Crippen LogP contribution is 2.34. The van der Waals surface area contributed by atoms with Gasteiger partial charge in [0.05, 0.1) is 5.52 Å². The summed E-state index contributed by atoms with van der Waals surface area (Å²) >= 11 is 7.58. The summed E-state index contributed by atoms with van der Waals surface area (Å²) in [6.07, 6.45) is 0.474. The first kappa shape index (κ1) is 15.7. The summed E-state index contributed by atoms with van der Waals surface area (Å²) in [6.45, 7) is 1.89. The highest BCUT2D eigenvalue weighted by molar-refractivity contribution is 7.22. The zero-order valence-corrected chi connectivity index (χ0v) is 13.9. The van der Waals surface area contributed by atoms with Crippen LogP contribution in [0, 0.1) is 0 Å². The minimum absolute atomic E-state index is 0.107. The van der Waals surface area contributed by atoms with Crippen LogP contribution < -0.4 is 10.9 Å². The van der Waals surface area contributed by atoms with E-state index < -0.39 is 0 Å². The van der Waals surface area contributed by atoms with E-state index in [1.165, 1.54) is 18.3 Å². The normalized spacial score (nSPS) is 10.9. The number of aromatic amines is 1. The third kappa shape index (κ3) is 3.43. The predicted molar refractivity (Wildman–Crippen MR) is 93.1 cm³/mol. The minimum Gasteiger partial charge on any atom is -0.356 e. The SMILES string of the molecule is CC(=O)NCCc1nc2cc(-c3ccccc3Cl)sc2c(=O)[nH]1. The Balaban J connectivity index is 1.97. The number of hydrogen-bond donors (Lipinski definition) is 2. The Morgan fingerprint density at radius 1 is 1.39 bits per heavy atom. The molecule has 0 spiro atoms. The molecule has 2 heterocycles. The van der Waals surface area contributed by atoms with Gasteiger partial charge in [-0.05, 0) is 12.1 Å². The molecule has 0 unspecified atom stereocenters. The number of fused-ring (bicyclic) bond motifs is 1. The van der Waals surface area contributed by atoms with Gasteiger partial charge in [0.15, 0.2) is 0 Å². The van der Waals surface area contributed by atoms with Crippen molar-refractivity contribution in [1.82, 2.24) is 15.3 Å². The summed E-state index contributed by atoms with van der Waals surface area (Å²) in [5.74, 6) is 0.449. The van der Waals surface area contributed by atoms with Crippen molar-refractivity contribution < 1.29 is 4.79 Å². The number of benzene rings is 1. The van der Waals surface area contributed by atoms with Gasteiger partial charge in [0.2, 0.25) is 5.91 Å². The van der Waals surface area contributed by atoms with Gasteiger partial charge in [0.1, 0.15) is 10.5 Å². The predicted octanol–water partition coefficient (Wildman–Crippen LogP) is 2.98. The fourth-order valence-corrected chi connectivity index (χ4v) is 3.58. The first-order valence-corrected chi connectivity index (χ1v) is 8.26. The van der Waals surface area contributed by atoms with E-state index in [4.69, 9.17) is 11.6 Å². The van der Waals surface area contributed by atoms with Crippen molar-refractivity contribution in [1.29, 1.82) is 0 Å². The number of nitrogens with zero attached hydrogens (tertiary/aromatic N) is 1. The van der Waals surface area contributed by atoms with Gasteiger partial charge >= 0.3 is 0 Å². The molecule has 2 aromatic heterocycles. The molecule has 2 N–H and O–H groups in total. The summed E-state index contributed by atoms with van der Waals surface area (Å²) in [4.78, 5) is 31.2. The van der Waals surface area contributed by atoms with Gasteiger partial charge in [-0.25, -0.2) is 4.98 Å². The van der Waals surface area contributed by atoms with Crippen molar-refractivity contribution in [3.63, 3.8) is 0 Å². The summed E-state index contributed by atoms with van der Waals surface area (Å²) in [5.41, 5.74) is 1.36. The van der Waals surface area contributed by atoms with Crippen LogP contribution in [0.5, 0.6) is 0 Å². The molecule has 0 fully saturated rings. The second-order valence-corrected chi connectivity index (χ2v) is 6.51. The zero-order chi connectivity index (χ0) is 16.4. The maximum absolute atomic E-state index is 12.2. The lowest BCUT2D eigenvalue weighted by molar-refractivity contribution is -0.118. The molecule has 0 saturated heterocycles. The van der Waals surface area contributed by atoms with Crippen LogP contribution in [-0.4, -0.2) is 22.4 Å². The van der Waals surface area contributed by atoms with Gasteiger partial charge in [-0.1, -0.05) is 29.8 Å². The monoisotopic (exact) mass is 347 g/mol. The number of amides is 1. The third-order valence-electron chi connectivity index (χ3n) is 3.31. The van der Waals surface area contributed by atoms with Crippen molar-refractivity contribution in [3.05, 3.63) is 51.5 Å². The van der Waals surface area contributed by atoms with E-state index in [1.54, 1.807) is 0 Å². The van der Waals surface area contributed by atoms with Crippen LogP contribution in [0.1, 0.15) is 12.7 Å². The molecule has 0 bridgehead atoms. The van der Waals surface area contributed by atoms with Crippen molar-refractivity contribution in [3.8, 4) is 10.4 Å². The first-order chi connectivity index (χ1) is 11.0. The number of thiophene rings is 1. The average Bonchev–Trinajstić information content (AvgIpc) is 2.91. The van der Waals surface area contributed by atoms with Crippen LogP contribution in [0.4, 0.5) is 0 Å². The molecule has 118 valence electrons. The Bertz CT molecular complexity index is 932. The number of H-pyrrole nitrogens is 1. The first-order valence-electron chi connectivity index (χ1n) is 7.06. The topological polar surface area (TPSA) is 74.8 Å². The van der Waals surface area contributed by atoms with Crippen LogP contribution in [0.2, 0.25) is 5.02 Å². The maximum Gasteiger partial charge on any atom is 0.268 e. The Morgan fingerprint density at radius 3 is 2.91 bits per heavy atom. The number of carbonyl (C=O) groups excluding carboxylic acids is 1. The molecule has 5 nitrogen and oxygen atoms in total. The third-order valence-corrected chi connectivity index (χ3v) is 4.79. The van der Waals surface area contributed by atoms with Crippen molar-refractivity contribution >= 4 is 39.1 Å². The molecule has 3 aromatic rings. The lowest BCUT2D eigenvalue weighted by atomic mass is 10.2. The minimum atomic E-state index is -0.170. The van der Waals surface area contributed by atoms with Crippen molar-refractivity contribution in [2.45, 2.75) is 13.3 Å². The number of carbonyl (C=O) groups is 1. The Hall–Kier alpha value is -2.18. The van der Waals surface area contributed by atoms with E-state index in [0.29, 0.717) is 34.0 Å². The van der Waals surface area contributed by atoms with E-state index in [2.05, 4.69) is 15.3 Å². The highest BCUT2D eigenvalue weighted by Gasteiger charge is 2.12. The molecule has 23 heavy (non-hydrogen) atoms. The van der Waals surface area contributed by atoms with Gasteiger partial charge in [-0.3, -0.25) is 9.59 Å². The number of halogens is 1. The molecular formula is C16H14ClN3O2S. The van der Waals surface area contributed by atoms with Gasteiger partial charge in [-0.15, -0.1) is 11.3 Å². The lowest BCUT2D eigenvalue weighted by Crippen LogP contribution is -2.24. The average molecular weight is 348 g/mol. The van der Waals surface area contributed by atoms with E-state index in [9.17, 15) is 9.59 Å². The van der Waals surface area contributed by atoms with E-state index in [0.717, 1.165) is 10.4 Å². The standard InChI is InChI=1S/C16H14ClN3O2S/c1-9(21)18-7-6-14-19-12-8-13(23-15(12)16(22)20-14)10-4-2-3-5-11(10)17/h2-5,8H,6-7H2,1H3,(H,18,21)(H,19,20,22). The van der Waals surface area contributed by atoms with Gasteiger partial charge in [0, 0.05) is 35.4 Å². The Labute approximate surface area is 141 Å². The summed E-state index contributed by atoms with van der Waals surface area (Å²) < 4.78 is 0.572. The Morgan fingerprint density at radius 2 is 2.17 bits per heavy atom. The molecule has 0 aliphatic heterocycles. The molecule has 1 amide bonds. The summed E-state index contributed by atoms with van der Waals surface area (Å²) in [5, 5.41) is 3.32.